The topological polar surface area (TPSA) is 79.8 Å². The van der Waals surface area contributed by atoms with Crippen LogP contribution in [0, 0.1) is 12.3 Å². The number of oxime groups is 1. The summed E-state index contributed by atoms with van der Waals surface area (Å²) in [4.78, 5) is 29.9. The molecule has 0 fully saturated rings. The van der Waals surface area contributed by atoms with Gasteiger partial charge in [0.25, 0.3) is 11.8 Å². The van der Waals surface area contributed by atoms with Crippen molar-refractivity contribution >= 4 is 23.2 Å². The normalized spacial score (nSPS) is 15.3. The highest BCUT2D eigenvalue weighted by molar-refractivity contribution is 6.08. The molecule has 1 aliphatic rings. The summed E-state index contributed by atoms with van der Waals surface area (Å²) in [6.45, 7) is 0.112. The average molecular weight is 347 g/mol. The first-order valence-electron chi connectivity index (χ1n) is 8.08. The van der Waals surface area contributed by atoms with Crippen LogP contribution in [0.4, 0.5) is 5.69 Å². The number of nitrogens with zero attached hydrogens (tertiary/aromatic N) is 1. The second-order valence-corrected chi connectivity index (χ2v) is 5.62. The van der Waals surface area contributed by atoms with Crippen molar-refractivity contribution in [3.63, 3.8) is 0 Å². The van der Waals surface area contributed by atoms with Crippen molar-refractivity contribution in [1.29, 1.82) is 0 Å². The smallest absolute Gasteiger partial charge is 0.268 e. The maximum absolute atomic E-state index is 12.5. The Balaban J connectivity index is 1.67. The van der Waals surface area contributed by atoms with Crippen LogP contribution in [0.3, 0.4) is 0 Å². The van der Waals surface area contributed by atoms with E-state index in [2.05, 4.69) is 21.7 Å². The second-order valence-electron chi connectivity index (χ2n) is 5.62. The number of para-hydroxylation sites is 1. The highest BCUT2D eigenvalue weighted by Crippen LogP contribution is 2.20. The first-order valence-corrected chi connectivity index (χ1v) is 8.08. The lowest BCUT2D eigenvalue weighted by Gasteiger charge is -2.13. The van der Waals surface area contributed by atoms with E-state index in [0.29, 0.717) is 23.4 Å². The molecule has 26 heavy (non-hydrogen) atoms. The highest BCUT2D eigenvalue weighted by atomic mass is 16.6. The van der Waals surface area contributed by atoms with Gasteiger partial charge in [-0.15, -0.1) is 6.42 Å². The van der Waals surface area contributed by atoms with Crippen LogP contribution in [0.1, 0.15) is 22.3 Å². The Bertz CT molecular complexity index is 885. The zero-order valence-corrected chi connectivity index (χ0v) is 13.9. The van der Waals surface area contributed by atoms with Gasteiger partial charge in [-0.05, 0) is 17.7 Å². The number of hydrogen-bond donors (Lipinski definition) is 2. The van der Waals surface area contributed by atoms with Gasteiger partial charge < -0.3 is 15.5 Å². The molecule has 2 aromatic rings. The fraction of sp³-hybridized carbons (Fsp3) is 0.150. The van der Waals surface area contributed by atoms with Crippen LogP contribution in [-0.2, 0) is 9.63 Å². The number of carbonyl (C=O) groups is 2. The van der Waals surface area contributed by atoms with Crippen LogP contribution in [0.25, 0.3) is 0 Å². The molecule has 0 saturated carbocycles. The molecule has 1 heterocycles. The third kappa shape index (κ3) is 3.90. The molecule has 2 amide bonds. The molecule has 130 valence electrons. The minimum atomic E-state index is -0.743. The van der Waals surface area contributed by atoms with E-state index in [0.717, 1.165) is 5.56 Å². The van der Waals surface area contributed by atoms with E-state index in [-0.39, 0.29) is 18.4 Å². The number of anilines is 1. The quantitative estimate of drug-likeness (QED) is 0.814. The molecule has 0 bridgehead atoms. The molecule has 3 rings (SSSR count). The number of rotatable bonds is 5. The molecular formula is C20H17N3O3. The van der Waals surface area contributed by atoms with Crippen LogP contribution in [0.5, 0.6) is 0 Å². The first-order chi connectivity index (χ1) is 12.7. The van der Waals surface area contributed by atoms with Crippen LogP contribution >= 0.6 is 0 Å². The number of amides is 2. The maximum atomic E-state index is 12.5. The minimum Gasteiger partial charge on any atom is -0.382 e. The summed E-state index contributed by atoms with van der Waals surface area (Å²) in [7, 11) is 0. The van der Waals surface area contributed by atoms with Crippen LogP contribution in [-0.4, -0.2) is 30.2 Å². The summed E-state index contributed by atoms with van der Waals surface area (Å²) in [5.74, 6) is 1.62. The largest absolute Gasteiger partial charge is 0.382 e. The lowest BCUT2D eigenvalue weighted by molar-refractivity contribution is -0.125. The SMILES string of the molecule is C#CCNC(=O)c1ccccc1NC(=O)C1CC(c2ccccc2)=NO1. The standard InChI is InChI=1S/C20H17N3O3/c1-2-12-21-19(24)15-10-6-7-11-16(15)22-20(25)18-13-17(23-26-18)14-8-4-3-5-9-14/h1,3-11,18H,12-13H2,(H,21,24)(H,22,25). The lowest BCUT2D eigenvalue weighted by atomic mass is 10.0. The third-order valence-electron chi connectivity index (χ3n) is 3.85. The molecule has 0 radical (unpaired) electrons. The molecular weight excluding hydrogens is 330 g/mol. The summed E-state index contributed by atoms with van der Waals surface area (Å²) in [6, 6.07) is 16.2. The molecule has 6 nitrogen and oxygen atoms in total. The Hall–Kier alpha value is -3.59. The molecule has 0 spiro atoms. The van der Waals surface area contributed by atoms with Crippen LogP contribution in [0.15, 0.2) is 59.8 Å². The number of benzene rings is 2. The van der Waals surface area contributed by atoms with Gasteiger partial charge in [0.1, 0.15) is 0 Å². The van der Waals surface area contributed by atoms with Crippen molar-refractivity contribution < 1.29 is 14.4 Å². The lowest BCUT2D eigenvalue weighted by Crippen LogP contribution is -2.30. The zero-order chi connectivity index (χ0) is 18.4. The van der Waals surface area contributed by atoms with Crippen molar-refractivity contribution in [3.8, 4) is 12.3 Å². The molecule has 0 aromatic heterocycles. The van der Waals surface area contributed by atoms with E-state index >= 15 is 0 Å². The molecule has 0 saturated heterocycles. The fourth-order valence-electron chi connectivity index (χ4n) is 2.55. The summed E-state index contributed by atoms with van der Waals surface area (Å²) in [5, 5.41) is 9.31. The van der Waals surface area contributed by atoms with Gasteiger partial charge in [0.15, 0.2) is 0 Å². The Kier molecular flexibility index (Phi) is 5.30. The Labute approximate surface area is 151 Å². The monoisotopic (exact) mass is 347 g/mol. The number of carbonyl (C=O) groups excluding carboxylic acids is 2. The van der Waals surface area contributed by atoms with E-state index in [4.69, 9.17) is 11.3 Å². The van der Waals surface area contributed by atoms with E-state index in [1.54, 1.807) is 24.3 Å². The fourth-order valence-corrected chi connectivity index (χ4v) is 2.55. The predicted octanol–water partition coefficient (Wildman–Crippen LogP) is 2.18. The van der Waals surface area contributed by atoms with Crippen molar-refractivity contribution in [2.45, 2.75) is 12.5 Å². The van der Waals surface area contributed by atoms with Gasteiger partial charge in [0.2, 0.25) is 6.10 Å². The first kappa shape index (κ1) is 17.2. The van der Waals surface area contributed by atoms with Gasteiger partial charge in [-0.2, -0.15) is 0 Å². The van der Waals surface area contributed by atoms with Gasteiger partial charge >= 0.3 is 0 Å². The summed E-state index contributed by atoms with van der Waals surface area (Å²) >= 11 is 0. The van der Waals surface area contributed by atoms with Gasteiger partial charge in [0, 0.05) is 6.42 Å². The van der Waals surface area contributed by atoms with Gasteiger partial charge in [-0.1, -0.05) is 53.5 Å². The molecule has 0 aliphatic carbocycles. The molecule has 6 heteroatoms. The molecule has 1 aliphatic heterocycles. The molecule has 1 atom stereocenters. The average Bonchev–Trinajstić information content (AvgIpc) is 3.17. The molecule has 2 aromatic carbocycles. The number of terminal acetylenes is 1. The van der Waals surface area contributed by atoms with Gasteiger partial charge in [-0.3, -0.25) is 9.59 Å². The van der Waals surface area contributed by atoms with Crippen LogP contribution in [0.2, 0.25) is 0 Å². The third-order valence-corrected chi connectivity index (χ3v) is 3.85. The van der Waals surface area contributed by atoms with Crippen molar-refractivity contribution in [2.24, 2.45) is 5.16 Å². The van der Waals surface area contributed by atoms with E-state index in [1.165, 1.54) is 0 Å². The van der Waals surface area contributed by atoms with Crippen molar-refractivity contribution in [3.05, 3.63) is 65.7 Å². The second kappa shape index (κ2) is 7.99. The summed E-state index contributed by atoms with van der Waals surface area (Å²) < 4.78 is 0. The van der Waals surface area contributed by atoms with Crippen LogP contribution < -0.4 is 10.6 Å². The number of nitrogens with one attached hydrogen (secondary N) is 2. The highest BCUT2D eigenvalue weighted by Gasteiger charge is 2.29. The van der Waals surface area contributed by atoms with E-state index < -0.39 is 6.10 Å². The van der Waals surface area contributed by atoms with Crippen molar-refractivity contribution in [2.75, 3.05) is 11.9 Å². The van der Waals surface area contributed by atoms with Gasteiger partial charge in [0.05, 0.1) is 23.5 Å². The zero-order valence-electron chi connectivity index (χ0n) is 13.9. The Morgan fingerprint density at radius 1 is 1.15 bits per heavy atom. The number of hydrogen-bond acceptors (Lipinski definition) is 4. The van der Waals surface area contributed by atoms with Crippen molar-refractivity contribution in [1.82, 2.24) is 5.32 Å². The molecule has 2 N–H and O–H groups in total. The maximum Gasteiger partial charge on any atom is 0.268 e. The van der Waals surface area contributed by atoms with Gasteiger partial charge in [-0.25, -0.2) is 0 Å². The molecule has 1 unspecified atom stereocenters. The Morgan fingerprint density at radius 2 is 1.88 bits per heavy atom. The minimum absolute atomic E-state index is 0.112. The van der Waals surface area contributed by atoms with E-state index in [9.17, 15) is 9.59 Å². The van der Waals surface area contributed by atoms with E-state index in [1.807, 2.05) is 30.3 Å². The Morgan fingerprint density at radius 3 is 2.65 bits per heavy atom. The summed E-state index contributed by atoms with van der Waals surface area (Å²) in [6.07, 6.45) is 4.77. The predicted molar refractivity (Wildman–Crippen MR) is 98.7 cm³/mol. The summed E-state index contributed by atoms with van der Waals surface area (Å²) in [5.41, 5.74) is 2.35.